The normalized spacial score (nSPS) is 20.7. The summed E-state index contributed by atoms with van der Waals surface area (Å²) in [6, 6.07) is 0. The van der Waals surface area contributed by atoms with E-state index in [-0.39, 0.29) is 0 Å². The minimum Gasteiger partial charge on any atom is -0.317 e. The van der Waals surface area contributed by atoms with Crippen LogP contribution in [0.4, 0.5) is 0 Å². The summed E-state index contributed by atoms with van der Waals surface area (Å²) in [4.78, 5) is 4.16. The summed E-state index contributed by atoms with van der Waals surface area (Å²) in [5.74, 6) is 0.411. The summed E-state index contributed by atoms with van der Waals surface area (Å²) >= 11 is 1.55. The highest BCUT2D eigenvalue weighted by atomic mass is 32.2. The molecule has 1 saturated heterocycles. The van der Waals surface area contributed by atoms with E-state index in [4.69, 9.17) is 0 Å². The van der Waals surface area contributed by atoms with E-state index in [0.29, 0.717) is 32.0 Å². The monoisotopic (exact) mass is 332 g/mol. The van der Waals surface area contributed by atoms with Crippen molar-refractivity contribution in [3.63, 3.8) is 0 Å². The average Bonchev–Trinajstić information content (AvgIpc) is 2.98. The summed E-state index contributed by atoms with van der Waals surface area (Å²) < 4.78 is 28.9. The number of rotatable bonds is 8. The smallest absolute Gasteiger partial charge is 0.279 e. The molecule has 0 radical (unpaired) electrons. The lowest BCUT2D eigenvalue weighted by Gasteiger charge is -2.32. The summed E-state index contributed by atoms with van der Waals surface area (Å²) in [5, 5.41) is 6.17. The highest BCUT2D eigenvalue weighted by molar-refractivity contribution is 7.87. The number of aromatic nitrogens is 1. The van der Waals surface area contributed by atoms with Crippen LogP contribution in [0.15, 0.2) is 11.6 Å². The van der Waals surface area contributed by atoms with Gasteiger partial charge in [0.1, 0.15) is 0 Å². The first-order chi connectivity index (χ1) is 10.1. The van der Waals surface area contributed by atoms with Gasteiger partial charge in [0.25, 0.3) is 10.2 Å². The van der Waals surface area contributed by atoms with Gasteiger partial charge >= 0.3 is 0 Å². The molecule has 1 atom stereocenters. The van der Waals surface area contributed by atoms with Crippen molar-refractivity contribution in [2.45, 2.75) is 26.2 Å². The second-order valence-corrected chi connectivity index (χ2v) is 7.98. The van der Waals surface area contributed by atoms with Crippen LogP contribution in [0.3, 0.4) is 0 Å². The van der Waals surface area contributed by atoms with E-state index in [1.165, 1.54) is 0 Å². The zero-order chi connectivity index (χ0) is 15.1. The molecule has 0 aromatic carbocycles. The molecule has 0 aliphatic carbocycles. The van der Waals surface area contributed by atoms with Crippen molar-refractivity contribution in [2.24, 2.45) is 5.92 Å². The Morgan fingerprint density at radius 1 is 1.52 bits per heavy atom. The van der Waals surface area contributed by atoms with Gasteiger partial charge in [-0.25, -0.2) is 9.71 Å². The highest BCUT2D eigenvalue weighted by Gasteiger charge is 2.28. The second-order valence-electron chi connectivity index (χ2n) is 5.25. The van der Waals surface area contributed by atoms with Crippen LogP contribution in [0.5, 0.6) is 0 Å². The molecule has 2 N–H and O–H groups in total. The van der Waals surface area contributed by atoms with E-state index < -0.39 is 10.2 Å². The third kappa shape index (κ3) is 5.30. The van der Waals surface area contributed by atoms with Crippen molar-refractivity contribution >= 4 is 21.5 Å². The van der Waals surface area contributed by atoms with Crippen LogP contribution in [-0.4, -0.2) is 50.4 Å². The van der Waals surface area contributed by atoms with Gasteiger partial charge in [0.2, 0.25) is 0 Å². The van der Waals surface area contributed by atoms with Gasteiger partial charge in [0, 0.05) is 37.6 Å². The van der Waals surface area contributed by atoms with Gasteiger partial charge in [-0.2, -0.15) is 12.7 Å². The van der Waals surface area contributed by atoms with Crippen molar-refractivity contribution in [1.82, 2.24) is 19.3 Å². The number of piperidine rings is 1. The van der Waals surface area contributed by atoms with Gasteiger partial charge in [-0.1, -0.05) is 6.92 Å². The number of nitrogens with zero attached hydrogens (tertiary/aromatic N) is 2. The largest absolute Gasteiger partial charge is 0.317 e. The Morgan fingerprint density at radius 2 is 2.38 bits per heavy atom. The van der Waals surface area contributed by atoms with Crippen molar-refractivity contribution in [3.8, 4) is 0 Å². The summed E-state index contributed by atoms with van der Waals surface area (Å²) in [7, 11) is -3.36. The zero-order valence-corrected chi connectivity index (χ0v) is 14.0. The molecule has 1 aliphatic heterocycles. The molecule has 1 aromatic rings. The Balaban J connectivity index is 1.80. The van der Waals surface area contributed by atoms with Crippen LogP contribution < -0.4 is 10.0 Å². The Hall–Kier alpha value is -0.540. The molecule has 1 aliphatic rings. The van der Waals surface area contributed by atoms with Crippen LogP contribution in [0.1, 0.15) is 24.8 Å². The van der Waals surface area contributed by atoms with E-state index in [1.807, 2.05) is 5.38 Å². The SMILES string of the molecule is CCNCC1CCCN(S(=O)(=O)NCCc2nccs2)C1. The molecule has 21 heavy (non-hydrogen) atoms. The number of hydrogen-bond acceptors (Lipinski definition) is 5. The molecular formula is C13H24N4O2S2. The Bertz CT molecular complexity index is 504. The van der Waals surface area contributed by atoms with E-state index in [2.05, 4.69) is 21.9 Å². The number of thiazole rings is 1. The van der Waals surface area contributed by atoms with Gasteiger partial charge in [-0.3, -0.25) is 0 Å². The van der Waals surface area contributed by atoms with Crippen molar-refractivity contribution in [1.29, 1.82) is 0 Å². The van der Waals surface area contributed by atoms with Crippen LogP contribution in [0.25, 0.3) is 0 Å². The molecule has 0 saturated carbocycles. The molecule has 6 nitrogen and oxygen atoms in total. The van der Waals surface area contributed by atoms with Gasteiger partial charge in [0.15, 0.2) is 0 Å². The van der Waals surface area contributed by atoms with E-state index in [9.17, 15) is 8.42 Å². The lowest BCUT2D eigenvalue weighted by atomic mass is 10.00. The summed E-state index contributed by atoms with van der Waals surface area (Å²) in [6.45, 7) is 5.52. The molecule has 0 amide bonds. The lowest BCUT2D eigenvalue weighted by molar-refractivity contribution is 0.259. The predicted octanol–water partition coefficient (Wildman–Crippen LogP) is 0.841. The van der Waals surface area contributed by atoms with E-state index in [1.54, 1.807) is 21.8 Å². The van der Waals surface area contributed by atoms with Gasteiger partial charge in [-0.15, -0.1) is 11.3 Å². The van der Waals surface area contributed by atoms with Gasteiger partial charge < -0.3 is 5.32 Å². The topological polar surface area (TPSA) is 74.3 Å². The third-order valence-corrected chi connectivity index (χ3v) is 6.03. The van der Waals surface area contributed by atoms with Crippen LogP contribution in [0.2, 0.25) is 0 Å². The molecule has 2 rings (SSSR count). The third-order valence-electron chi connectivity index (χ3n) is 3.61. The first-order valence-electron chi connectivity index (χ1n) is 7.45. The molecule has 0 spiro atoms. The lowest BCUT2D eigenvalue weighted by Crippen LogP contribution is -2.48. The minimum atomic E-state index is -3.36. The van der Waals surface area contributed by atoms with E-state index >= 15 is 0 Å². The average molecular weight is 332 g/mol. The molecular weight excluding hydrogens is 308 g/mol. The Kier molecular flexibility index (Phi) is 6.56. The molecule has 120 valence electrons. The molecule has 0 bridgehead atoms. The van der Waals surface area contributed by atoms with Crippen LogP contribution >= 0.6 is 11.3 Å². The maximum atomic E-state index is 12.3. The maximum absolute atomic E-state index is 12.3. The fourth-order valence-electron chi connectivity index (χ4n) is 2.51. The molecule has 2 heterocycles. The van der Waals surface area contributed by atoms with Crippen molar-refractivity contribution in [3.05, 3.63) is 16.6 Å². The quantitative estimate of drug-likeness (QED) is 0.740. The van der Waals surface area contributed by atoms with Gasteiger partial charge in [0.05, 0.1) is 5.01 Å². The van der Waals surface area contributed by atoms with Crippen LogP contribution in [-0.2, 0) is 16.6 Å². The fourth-order valence-corrected chi connectivity index (χ4v) is 4.45. The first-order valence-corrected chi connectivity index (χ1v) is 9.77. The predicted molar refractivity (Wildman–Crippen MR) is 85.6 cm³/mol. The van der Waals surface area contributed by atoms with Crippen molar-refractivity contribution in [2.75, 3.05) is 32.7 Å². The molecule has 8 heteroatoms. The summed E-state index contributed by atoms with van der Waals surface area (Å²) in [6.07, 6.45) is 4.41. The highest BCUT2D eigenvalue weighted by Crippen LogP contribution is 2.18. The Morgan fingerprint density at radius 3 is 3.10 bits per heavy atom. The Labute approximate surface area is 131 Å². The van der Waals surface area contributed by atoms with E-state index in [0.717, 1.165) is 30.9 Å². The maximum Gasteiger partial charge on any atom is 0.279 e. The molecule has 1 aromatic heterocycles. The fraction of sp³-hybridized carbons (Fsp3) is 0.769. The zero-order valence-electron chi connectivity index (χ0n) is 12.4. The van der Waals surface area contributed by atoms with Gasteiger partial charge in [-0.05, 0) is 31.8 Å². The summed E-state index contributed by atoms with van der Waals surface area (Å²) in [5.41, 5.74) is 0. The van der Waals surface area contributed by atoms with Crippen molar-refractivity contribution < 1.29 is 8.42 Å². The number of nitrogens with one attached hydrogen (secondary N) is 2. The second kappa shape index (κ2) is 8.19. The minimum absolute atomic E-state index is 0.407. The van der Waals surface area contributed by atoms with Crippen LogP contribution in [0, 0.1) is 5.92 Å². The standard InChI is InChI=1S/C13H24N4O2S2/c1-2-14-10-12-4-3-8-17(11-12)21(18,19)16-6-5-13-15-7-9-20-13/h7,9,12,14,16H,2-6,8,10-11H2,1H3. The number of hydrogen-bond donors (Lipinski definition) is 2. The first kappa shape index (κ1) is 16.8. The molecule has 1 fully saturated rings. The molecule has 1 unspecified atom stereocenters.